The van der Waals surface area contributed by atoms with Crippen molar-refractivity contribution in [2.45, 2.75) is 69.4 Å². The van der Waals surface area contributed by atoms with Crippen molar-refractivity contribution in [3.05, 3.63) is 63.1 Å². The summed E-state index contributed by atoms with van der Waals surface area (Å²) < 4.78 is 54.3. The molecule has 2 aromatic carbocycles. The van der Waals surface area contributed by atoms with Crippen LogP contribution in [0.1, 0.15) is 79.3 Å². The van der Waals surface area contributed by atoms with Crippen molar-refractivity contribution < 1.29 is 27.4 Å². The van der Waals surface area contributed by atoms with Crippen molar-refractivity contribution in [2.75, 3.05) is 13.7 Å². The molecule has 2 aromatic rings. The molecule has 0 spiro atoms. The number of hydrogen-bond donors (Lipinski definition) is 0. The van der Waals surface area contributed by atoms with Crippen molar-refractivity contribution >= 4 is 29.2 Å². The molecule has 2 fully saturated rings. The number of benzene rings is 2. The number of ether oxygens (including phenoxy) is 2. The fourth-order valence-electron chi connectivity index (χ4n) is 6.01. The van der Waals surface area contributed by atoms with E-state index in [4.69, 9.17) is 32.7 Å². The van der Waals surface area contributed by atoms with E-state index in [9.17, 15) is 18.0 Å². The highest BCUT2D eigenvalue weighted by molar-refractivity contribution is 6.37. The van der Waals surface area contributed by atoms with Crippen LogP contribution in [0.15, 0.2) is 36.4 Å². The van der Waals surface area contributed by atoms with Crippen LogP contribution < -0.4 is 4.74 Å². The highest BCUT2D eigenvalue weighted by Gasteiger charge is 2.56. The lowest BCUT2D eigenvalue weighted by Crippen LogP contribution is -2.46. The van der Waals surface area contributed by atoms with Gasteiger partial charge in [-0.05, 0) is 67.0 Å². The van der Waals surface area contributed by atoms with Gasteiger partial charge in [0.15, 0.2) is 5.75 Å². The topological polar surface area (TPSA) is 35.5 Å². The summed E-state index contributed by atoms with van der Waals surface area (Å²) in [6.07, 6.45) is 2.70. The van der Waals surface area contributed by atoms with E-state index in [1.165, 1.54) is 38.5 Å². The van der Waals surface area contributed by atoms with Crippen LogP contribution in [-0.2, 0) is 10.2 Å². The van der Waals surface area contributed by atoms with Gasteiger partial charge in [0, 0.05) is 5.41 Å². The summed E-state index contributed by atoms with van der Waals surface area (Å²) in [6.45, 7) is 0.490. The average Bonchev–Trinajstić information content (AvgIpc) is 2.87. The largest absolute Gasteiger partial charge is 0.490 e. The molecular formula is C28H31Cl2F3O3. The summed E-state index contributed by atoms with van der Waals surface area (Å²) in [5.74, 6) is -1.41. The standard InChI is InChI=1S/C28H31Cl2F3O3/c1-35-26(34)19-10-12-20(13-11-19)27(14-6-5-9-24(27)28(31,32)33)21-15-22(29)25(23(30)16-21)36-17-18-7-3-2-4-8-18/h10-13,15-16,18,24H,2-9,14,17H2,1H3. The molecule has 196 valence electrons. The molecule has 0 heterocycles. The molecule has 3 nitrogen and oxygen atoms in total. The number of alkyl halides is 3. The van der Waals surface area contributed by atoms with Crippen LogP contribution in [0.4, 0.5) is 13.2 Å². The van der Waals surface area contributed by atoms with Crippen molar-refractivity contribution in [2.24, 2.45) is 11.8 Å². The van der Waals surface area contributed by atoms with Gasteiger partial charge in [0.2, 0.25) is 0 Å². The van der Waals surface area contributed by atoms with Gasteiger partial charge in [-0.15, -0.1) is 0 Å². The summed E-state index contributed by atoms with van der Waals surface area (Å²) in [4.78, 5) is 11.9. The molecule has 2 atom stereocenters. The molecule has 2 unspecified atom stereocenters. The number of halogens is 5. The summed E-state index contributed by atoms with van der Waals surface area (Å²) in [5, 5.41) is 0.427. The predicted octanol–water partition coefficient (Wildman–Crippen LogP) is 8.78. The number of rotatable bonds is 6. The van der Waals surface area contributed by atoms with Crippen molar-refractivity contribution in [1.29, 1.82) is 0 Å². The lowest BCUT2D eigenvalue weighted by Gasteiger charge is -2.46. The van der Waals surface area contributed by atoms with Crippen LogP contribution in [0, 0.1) is 11.8 Å². The van der Waals surface area contributed by atoms with Crippen LogP contribution in [0.3, 0.4) is 0 Å². The van der Waals surface area contributed by atoms with Crippen LogP contribution in [0.25, 0.3) is 0 Å². The Morgan fingerprint density at radius 1 is 0.944 bits per heavy atom. The zero-order valence-electron chi connectivity index (χ0n) is 20.3. The summed E-state index contributed by atoms with van der Waals surface area (Å²) in [5.41, 5.74) is -0.228. The first kappa shape index (κ1) is 27.1. The van der Waals surface area contributed by atoms with Gasteiger partial charge in [0.25, 0.3) is 0 Å². The molecule has 36 heavy (non-hydrogen) atoms. The quantitative estimate of drug-likeness (QED) is 0.342. The lowest BCUT2D eigenvalue weighted by molar-refractivity contribution is -0.197. The number of hydrogen-bond acceptors (Lipinski definition) is 3. The molecule has 0 bridgehead atoms. The fourth-order valence-corrected chi connectivity index (χ4v) is 6.60. The van der Waals surface area contributed by atoms with E-state index in [0.717, 1.165) is 12.8 Å². The van der Waals surface area contributed by atoms with Gasteiger partial charge < -0.3 is 9.47 Å². The van der Waals surface area contributed by atoms with Gasteiger partial charge in [-0.3, -0.25) is 0 Å². The summed E-state index contributed by atoms with van der Waals surface area (Å²) in [6, 6.07) is 9.37. The Morgan fingerprint density at radius 2 is 1.56 bits per heavy atom. The van der Waals surface area contributed by atoms with Crippen LogP contribution in [0.2, 0.25) is 10.0 Å². The van der Waals surface area contributed by atoms with E-state index in [2.05, 4.69) is 0 Å². The smallest absolute Gasteiger partial charge is 0.392 e. The van der Waals surface area contributed by atoms with Crippen LogP contribution >= 0.6 is 23.2 Å². The molecule has 2 saturated carbocycles. The average molecular weight is 543 g/mol. The molecule has 0 aromatic heterocycles. The maximum Gasteiger partial charge on any atom is 0.392 e. The Kier molecular flexibility index (Phi) is 8.45. The minimum atomic E-state index is -4.43. The van der Waals surface area contributed by atoms with E-state index >= 15 is 0 Å². The third kappa shape index (κ3) is 5.50. The van der Waals surface area contributed by atoms with Gasteiger partial charge in [-0.2, -0.15) is 13.2 Å². The molecule has 4 rings (SSSR count). The van der Waals surface area contributed by atoms with Crippen molar-refractivity contribution in [3.63, 3.8) is 0 Å². The Balaban J connectivity index is 1.76. The number of carbonyl (C=O) groups is 1. The zero-order chi connectivity index (χ0) is 25.9. The van der Waals surface area contributed by atoms with E-state index in [0.29, 0.717) is 42.2 Å². The van der Waals surface area contributed by atoms with Gasteiger partial charge in [0.1, 0.15) is 0 Å². The highest BCUT2D eigenvalue weighted by atomic mass is 35.5. The minimum absolute atomic E-state index is 0.00256. The van der Waals surface area contributed by atoms with Crippen molar-refractivity contribution in [1.82, 2.24) is 0 Å². The fraction of sp³-hybridized carbons (Fsp3) is 0.536. The van der Waals surface area contributed by atoms with E-state index in [1.807, 2.05) is 0 Å². The van der Waals surface area contributed by atoms with Crippen LogP contribution in [0.5, 0.6) is 5.75 Å². The molecule has 8 heteroatoms. The van der Waals surface area contributed by atoms with E-state index < -0.39 is 23.5 Å². The number of carbonyl (C=O) groups excluding carboxylic acids is 1. The summed E-state index contributed by atoms with van der Waals surface area (Å²) in [7, 11) is 1.26. The Bertz CT molecular complexity index is 1040. The molecule has 0 saturated heterocycles. The molecule has 0 radical (unpaired) electrons. The van der Waals surface area contributed by atoms with E-state index in [-0.39, 0.29) is 28.5 Å². The highest BCUT2D eigenvalue weighted by Crippen LogP contribution is 2.56. The van der Waals surface area contributed by atoms with E-state index in [1.54, 1.807) is 24.3 Å². The third-order valence-electron chi connectivity index (χ3n) is 7.83. The van der Waals surface area contributed by atoms with Crippen molar-refractivity contribution in [3.8, 4) is 5.75 Å². The molecule has 0 amide bonds. The Hall–Kier alpha value is -1.92. The minimum Gasteiger partial charge on any atom is -0.490 e. The molecule has 0 N–H and O–H groups in total. The van der Waals surface area contributed by atoms with Gasteiger partial charge in [0.05, 0.1) is 35.2 Å². The maximum absolute atomic E-state index is 14.5. The molecule has 2 aliphatic rings. The SMILES string of the molecule is COC(=O)c1ccc(C2(c3cc(Cl)c(OCC4CCCCC4)c(Cl)c3)CCCCC2C(F)(F)F)cc1. The second kappa shape index (κ2) is 11.2. The second-order valence-corrected chi connectivity index (χ2v) is 10.8. The molecular weight excluding hydrogens is 512 g/mol. The first-order valence-corrected chi connectivity index (χ1v) is 13.3. The number of esters is 1. The van der Waals surface area contributed by atoms with Gasteiger partial charge >= 0.3 is 12.1 Å². The molecule has 2 aliphatic carbocycles. The van der Waals surface area contributed by atoms with Gasteiger partial charge in [-0.25, -0.2) is 4.79 Å². The monoisotopic (exact) mass is 542 g/mol. The predicted molar refractivity (Wildman–Crippen MR) is 135 cm³/mol. The lowest BCUT2D eigenvalue weighted by atomic mass is 9.58. The normalized spacial score (nSPS) is 23.3. The van der Waals surface area contributed by atoms with Crippen LogP contribution in [-0.4, -0.2) is 25.9 Å². The third-order valence-corrected chi connectivity index (χ3v) is 8.39. The second-order valence-electron chi connectivity index (χ2n) is 9.96. The Morgan fingerprint density at radius 3 is 2.14 bits per heavy atom. The Labute approximate surface area is 220 Å². The van der Waals surface area contributed by atoms with Gasteiger partial charge in [-0.1, -0.05) is 67.4 Å². The first-order valence-electron chi connectivity index (χ1n) is 12.5. The maximum atomic E-state index is 14.5. The first-order chi connectivity index (χ1) is 17.2. The summed E-state index contributed by atoms with van der Waals surface area (Å²) >= 11 is 13.2. The zero-order valence-corrected chi connectivity index (χ0v) is 21.8. The number of methoxy groups -OCH3 is 1. The molecule has 0 aliphatic heterocycles.